The van der Waals surface area contributed by atoms with Crippen molar-refractivity contribution in [2.75, 3.05) is 20.8 Å². The second-order valence-corrected chi connectivity index (χ2v) is 5.65. The molecule has 126 valence electrons. The maximum atomic E-state index is 12.4. The van der Waals surface area contributed by atoms with Crippen LogP contribution in [-0.4, -0.2) is 31.8 Å². The summed E-state index contributed by atoms with van der Waals surface area (Å²) in [7, 11) is 3.23. The molecule has 0 saturated carbocycles. The topological polar surface area (TPSA) is 48.0 Å². The number of fused-ring (bicyclic) bond motifs is 1. The van der Waals surface area contributed by atoms with Gasteiger partial charge in [0.15, 0.2) is 11.5 Å². The second kappa shape index (κ2) is 7.25. The van der Waals surface area contributed by atoms with Gasteiger partial charge in [0.05, 0.1) is 20.8 Å². The second-order valence-electron chi connectivity index (χ2n) is 5.65. The largest absolute Gasteiger partial charge is 0.493 e. The van der Waals surface area contributed by atoms with Crippen molar-refractivity contribution in [2.45, 2.75) is 19.6 Å². The Morgan fingerprint density at radius 2 is 1.88 bits per heavy atom. The lowest BCUT2D eigenvalue weighted by molar-refractivity contribution is 0.0914. The van der Waals surface area contributed by atoms with Crippen LogP contribution in [0.4, 0.5) is 4.79 Å². The summed E-state index contributed by atoms with van der Waals surface area (Å²) in [5.74, 6) is 1.37. The zero-order valence-corrected chi connectivity index (χ0v) is 14.0. The Hall–Kier alpha value is -2.69. The summed E-state index contributed by atoms with van der Waals surface area (Å²) >= 11 is 0. The number of carbonyl (C=O) groups excluding carboxylic acids is 1. The van der Waals surface area contributed by atoms with Crippen molar-refractivity contribution in [3.05, 3.63) is 59.2 Å². The van der Waals surface area contributed by atoms with E-state index < -0.39 is 0 Å². The van der Waals surface area contributed by atoms with E-state index in [1.807, 2.05) is 42.5 Å². The Balaban J connectivity index is 1.71. The van der Waals surface area contributed by atoms with Gasteiger partial charge in [-0.3, -0.25) is 0 Å². The summed E-state index contributed by atoms with van der Waals surface area (Å²) in [6.45, 7) is 1.37. The monoisotopic (exact) mass is 327 g/mol. The van der Waals surface area contributed by atoms with E-state index in [1.54, 1.807) is 19.1 Å². The zero-order chi connectivity index (χ0) is 16.9. The van der Waals surface area contributed by atoms with Crippen molar-refractivity contribution < 1.29 is 19.0 Å². The number of amides is 1. The Bertz CT molecular complexity index is 715. The van der Waals surface area contributed by atoms with E-state index in [1.165, 1.54) is 5.56 Å². The Kier molecular flexibility index (Phi) is 4.89. The third-order valence-corrected chi connectivity index (χ3v) is 4.21. The molecule has 2 aromatic rings. The van der Waals surface area contributed by atoms with Crippen molar-refractivity contribution >= 4 is 6.09 Å². The molecule has 0 unspecified atom stereocenters. The normalized spacial score (nSPS) is 13.2. The first kappa shape index (κ1) is 16.2. The molecular weight excluding hydrogens is 306 g/mol. The number of rotatable bonds is 4. The lowest BCUT2D eigenvalue weighted by atomic mass is 9.98. The molecule has 5 heteroatoms. The quantitative estimate of drug-likeness (QED) is 0.863. The van der Waals surface area contributed by atoms with Crippen LogP contribution in [0.3, 0.4) is 0 Å². The smallest absolute Gasteiger partial charge is 0.410 e. The van der Waals surface area contributed by atoms with Crippen LogP contribution < -0.4 is 9.47 Å². The SMILES string of the molecule is COc1ccc2c(c1OC)CN(C(=O)OCc1ccccc1)CC2. The van der Waals surface area contributed by atoms with Crippen LogP contribution in [0.25, 0.3) is 0 Å². The predicted octanol–water partition coefficient (Wildman–Crippen LogP) is 3.40. The van der Waals surface area contributed by atoms with Crippen molar-refractivity contribution in [3.63, 3.8) is 0 Å². The molecule has 2 aromatic carbocycles. The van der Waals surface area contributed by atoms with Crippen LogP contribution in [-0.2, 0) is 24.3 Å². The van der Waals surface area contributed by atoms with Crippen LogP contribution in [0.5, 0.6) is 11.5 Å². The van der Waals surface area contributed by atoms with E-state index >= 15 is 0 Å². The van der Waals surface area contributed by atoms with Crippen molar-refractivity contribution in [3.8, 4) is 11.5 Å². The maximum Gasteiger partial charge on any atom is 0.410 e. The number of methoxy groups -OCH3 is 2. The predicted molar refractivity (Wildman–Crippen MR) is 90.3 cm³/mol. The minimum atomic E-state index is -0.311. The summed E-state index contributed by atoms with van der Waals surface area (Å²) in [6.07, 6.45) is 0.463. The first-order valence-electron chi connectivity index (χ1n) is 7.91. The Labute approximate surface area is 141 Å². The van der Waals surface area contributed by atoms with Gasteiger partial charge in [-0.2, -0.15) is 0 Å². The highest BCUT2D eigenvalue weighted by atomic mass is 16.6. The molecule has 0 aromatic heterocycles. The molecule has 3 rings (SSSR count). The van der Waals surface area contributed by atoms with E-state index in [4.69, 9.17) is 14.2 Å². The van der Waals surface area contributed by atoms with Crippen molar-refractivity contribution in [1.29, 1.82) is 0 Å². The average molecular weight is 327 g/mol. The molecule has 0 fully saturated rings. The first-order chi connectivity index (χ1) is 11.7. The third kappa shape index (κ3) is 3.30. The lowest BCUT2D eigenvalue weighted by Gasteiger charge is -2.29. The maximum absolute atomic E-state index is 12.4. The standard InChI is InChI=1S/C19H21NO4/c1-22-17-9-8-15-10-11-20(12-16(15)18(17)23-2)19(21)24-13-14-6-4-3-5-7-14/h3-9H,10-13H2,1-2H3. The number of ether oxygens (including phenoxy) is 3. The zero-order valence-electron chi connectivity index (χ0n) is 14.0. The van der Waals surface area contributed by atoms with Gasteiger partial charge >= 0.3 is 6.09 Å². The minimum Gasteiger partial charge on any atom is -0.493 e. The Morgan fingerprint density at radius 3 is 2.58 bits per heavy atom. The van der Waals surface area contributed by atoms with Gasteiger partial charge in [-0.05, 0) is 23.6 Å². The number of nitrogens with zero attached hydrogens (tertiary/aromatic N) is 1. The molecule has 1 aliphatic heterocycles. The van der Waals surface area contributed by atoms with Crippen LogP contribution in [0.1, 0.15) is 16.7 Å². The fourth-order valence-electron chi connectivity index (χ4n) is 2.93. The highest BCUT2D eigenvalue weighted by Crippen LogP contribution is 2.36. The molecule has 0 atom stereocenters. The fraction of sp³-hybridized carbons (Fsp3) is 0.316. The first-order valence-corrected chi connectivity index (χ1v) is 7.91. The van der Waals surface area contributed by atoms with E-state index in [2.05, 4.69) is 0 Å². The Morgan fingerprint density at radius 1 is 1.08 bits per heavy atom. The average Bonchev–Trinajstić information content (AvgIpc) is 2.65. The third-order valence-electron chi connectivity index (χ3n) is 4.21. The van der Waals surface area contributed by atoms with Crippen LogP contribution in [0.15, 0.2) is 42.5 Å². The molecule has 0 spiro atoms. The van der Waals surface area contributed by atoms with Gasteiger partial charge in [0.1, 0.15) is 6.61 Å². The van der Waals surface area contributed by atoms with Crippen LogP contribution >= 0.6 is 0 Å². The highest BCUT2D eigenvalue weighted by molar-refractivity contribution is 5.69. The minimum absolute atomic E-state index is 0.276. The molecule has 0 aliphatic carbocycles. The van der Waals surface area contributed by atoms with Crippen molar-refractivity contribution in [1.82, 2.24) is 4.90 Å². The van der Waals surface area contributed by atoms with Gasteiger partial charge in [-0.1, -0.05) is 36.4 Å². The molecular formula is C19H21NO4. The number of hydrogen-bond acceptors (Lipinski definition) is 4. The van der Waals surface area contributed by atoms with Gasteiger partial charge < -0.3 is 19.1 Å². The van der Waals surface area contributed by atoms with Gasteiger partial charge in [0, 0.05) is 12.1 Å². The molecule has 0 N–H and O–H groups in total. The summed E-state index contributed by atoms with van der Waals surface area (Å²) in [5.41, 5.74) is 3.14. The van der Waals surface area contributed by atoms with E-state index in [0.717, 1.165) is 17.5 Å². The van der Waals surface area contributed by atoms with Crippen molar-refractivity contribution in [2.24, 2.45) is 0 Å². The summed E-state index contributed by atoms with van der Waals surface area (Å²) in [6, 6.07) is 13.6. The van der Waals surface area contributed by atoms with Crippen LogP contribution in [0.2, 0.25) is 0 Å². The van der Waals surface area contributed by atoms with Gasteiger partial charge in [0.25, 0.3) is 0 Å². The molecule has 1 aliphatic rings. The van der Waals surface area contributed by atoms with Gasteiger partial charge in [-0.25, -0.2) is 4.79 Å². The number of carbonyl (C=O) groups is 1. The van der Waals surface area contributed by atoms with E-state index in [-0.39, 0.29) is 12.7 Å². The molecule has 0 radical (unpaired) electrons. The molecule has 1 heterocycles. The molecule has 0 bridgehead atoms. The van der Waals surface area contributed by atoms with Gasteiger partial charge in [-0.15, -0.1) is 0 Å². The summed E-state index contributed by atoms with van der Waals surface area (Å²) < 4.78 is 16.3. The molecule has 1 amide bonds. The van der Waals surface area contributed by atoms with E-state index in [9.17, 15) is 4.79 Å². The summed E-state index contributed by atoms with van der Waals surface area (Å²) in [5, 5.41) is 0. The number of hydrogen-bond donors (Lipinski definition) is 0. The lowest BCUT2D eigenvalue weighted by Crippen LogP contribution is -2.36. The molecule has 5 nitrogen and oxygen atoms in total. The highest BCUT2D eigenvalue weighted by Gasteiger charge is 2.26. The van der Waals surface area contributed by atoms with E-state index in [0.29, 0.717) is 24.6 Å². The number of benzene rings is 2. The molecule has 0 saturated heterocycles. The summed E-state index contributed by atoms with van der Waals surface area (Å²) in [4.78, 5) is 14.1. The fourth-order valence-corrected chi connectivity index (χ4v) is 2.93. The molecule has 24 heavy (non-hydrogen) atoms. The van der Waals surface area contributed by atoms with Crippen LogP contribution in [0, 0.1) is 0 Å². The van der Waals surface area contributed by atoms with Gasteiger partial charge in [0.2, 0.25) is 0 Å².